The number of hydrogen-bond donors (Lipinski definition) is 2. The van der Waals surface area contributed by atoms with E-state index in [-0.39, 0.29) is 18.2 Å². The molecular weight excluding hydrogens is 304 g/mol. The molecule has 0 saturated carbocycles. The zero-order valence-corrected chi connectivity index (χ0v) is 13.5. The van der Waals surface area contributed by atoms with E-state index in [1.54, 1.807) is 18.3 Å². The smallest absolute Gasteiger partial charge is 0.251 e. The summed E-state index contributed by atoms with van der Waals surface area (Å²) in [5.41, 5.74) is 0.470. The number of hydrogen-bond acceptors (Lipinski definition) is 5. The number of anilines is 1. The van der Waals surface area contributed by atoms with E-state index in [0.29, 0.717) is 11.6 Å². The molecule has 0 aromatic carbocycles. The lowest BCUT2D eigenvalue weighted by Gasteiger charge is -2.34. The van der Waals surface area contributed by atoms with Gasteiger partial charge >= 0.3 is 0 Å². The second-order valence-corrected chi connectivity index (χ2v) is 7.30. The number of amides is 1. The highest BCUT2D eigenvalue weighted by molar-refractivity contribution is 7.89. The molecule has 0 aliphatic carbocycles. The standard InChI is InChI=1S/C14H22N4O3S/c1-11-4-2-3-8-18(11)13-10-12(5-6-16-13)14(19)17-7-9-22(15,20)21/h5-6,10-11H,2-4,7-9H2,1H3,(H,17,19)(H2,15,20,21)/t11-/m0/s1. The SMILES string of the molecule is C[C@H]1CCCCN1c1cc(C(=O)NCCS(N)(=O)=O)ccn1. The number of nitrogens with zero attached hydrogens (tertiary/aromatic N) is 2. The largest absolute Gasteiger partial charge is 0.354 e. The summed E-state index contributed by atoms with van der Waals surface area (Å²) in [5, 5.41) is 7.45. The Bertz CT molecular complexity index is 633. The van der Waals surface area contributed by atoms with Crippen molar-refractivity contribution in [3.63, 3.8) is 0 Å². The van der Waals surface area contributed by atoms with E-state index < -0.39 is 10.0 Å². The van der Waals surface area contributed by atoms with Crippen molar-refractivity contribution < 1.29 is 13.2 Å². The monoisotopic (exact) mass is 326 g/mol. The molecule has 0 spiro atoms. The van der Waals surface area contributed by atoms with Crippen molar-refractivity contribution in [1.82, 2.24) is 10.3 Å². The Balaban J connectivity index is 2.02. The lowest BCUT2D eigenvalue weighted by molar-refractivity contribution is 0.0956. The molecule has 122 valence electrons. The molecule has 1 saturated heterocycles. The normalized spacial score (nSPS) is 19.0. The van der Waals surface area contributed by atoms with Crippen LogP contribution >= 0.6 is 0 Å². The fourth-order valence-electron chi connectivity index (χ4n) is 2.56. The number of nitrogens with one attached hydrogen (secondary N) is 1. The summed E-state index contributed by atoms with van der Waals surface area (Å²) in [5.74, 6) is 0.183. The van der Waals surface area contributed by atoms with Crippen LogP contribution in [0.5, 0.6) is 0 Å². The highest BCUT2D eigenvalue weighted by atomic mass is 32.2. The second-order valence-electron chi connectivity index (χ2n) is 5.56. The van der Waals surface area contributed by atoms with Gasteiger partial charge in [0.25, 0.3) is 5.91 Å². The Morgan fingerprint density at radius 3 is 2.95 bits per heavy atom. The predicted molar refractivity (Wildman–Crippen MR) is 85.2 cm³/mol. The van der Waals surface area contributed by atoms with Crippen molar-refractivity contribution in [2.75, 3.05) is 23.7 Å². The number of sulfonamides is 1. The van der Waals surface area contributed by atoms with E-state index >= 15 is 0 Å². The van der Waals surface area contributed by atoms with E-state index in [1.165, 1.54) is 6.42 Å². The highest BCUT2D eigenvalue weighted by Gasteiger charge is 2.20. The van der Waals surface area contributed by atoms with Gasteiger partial charge in [-0.1, -0.05) is 0 Å². The lowest BCUT2D eigenvalue weighted by Crippen LogP contribution is -2.38. The molecule has 8 heteroatoms. The summed E-state index contributed by atoms with van der Waals surface area (Å²) >= 11 is 0. The van der Waals surface area contributed by atoms with E-state index in [0.717, 1.165) is 25.2 Å². The molecule has 1 amide bonds. The van der Waals surface area contributed by atoms with E-state index in [4.69, 9.17) is 5.14 Å². The molecule has 1 aliphatic rings. The third-order valence-corrected chi connectivity index (χ3v) is 4.55. The Labute approximate surface area is 131 Å². The van der Waals surface area contributed by atoms with Crippen molar-refractivity contribution in [1.29, 1.82) is 0 Å². The lowest BCUT2D eigenvalue weighted by atomic mass is 10.0. The molecule has 2 heterocycles. The third kappa shape index (κ3) is 4.67. The van der Waals surface area contributed by atoms with Crippen LogP contribution in [-0.2, 0) is 10.0 Å². The van der Waals surface area contributed by atoms with E-state index in [9.17, 15) is 13.2 Å². The molecule has 22 heavy (non-hydrogen) atoms. The van der Waals surface area contributed by atoms with Gasteiger partial charge in [-0.3, -0.25) is 4.79 Å². The molecule has 1 aliphatic heterocycles. The number of pyridine rings is 1. The molecule has 1 aromatic rings. The van der Waals surface area contributed by atoms with Gasteiger partial charge in [-0.25, -0.2) is 18.5 Å². The van der Waals surface area contributed by atoms with Gasteiger partial charge < -0.3 is 10.2 Å². The van der Waals surface area contributed by atoms with Crippen LogP contribution in [-0.4, -0.2) is 44.2 Å². The first-order valence-corrected chi connectivity index (χ1v) is 9.10. The third-order valence-electron chi connectivity index (χ3n) is 3.78. The summed E-state index contributed by atoms with van der Waals surface area (Å²) in [7, 11) is -3.57. The molecule has 1 aromatic heterocycles. The highest BCUT2D eigenvalue weighted by Crippen LogP contribution is 2.23. The van der Waals surface area contributed by atoms with Crippen LogP contribution in [0.2, 0.25) is 0 Å². The van der Waals surface area contributed by atoms with Crippen LogP contribution in [0.1, 0.15) is 36.5 Å². The molecule has 0 bridgehead atoms. The Morgan fingerprint density at radius 2 is 2.27 bits per heavy atom. The van der Waals surface area contributed by atoms with E-state index in [1.807, 2.05) is 0 Å². The summed E-state index contributed by atoms with van der Waals surface area (Å²) in [6, 6.07) is 3.76. The van der Waals surface area contributed by atoms with Crippen molar-refractivity contribution >= 4 is 21.7 Å². The van der Waals surface area contributed by atoms with Gasteiger partial charge in [-0.15, -0.1) is 0 Å². The maximum atomic E-state index is 12.1. The van der Waals surface area contributed by atoms with Crippen molar-refractivity contribution in [2.24, 2.45) is 5.14 Å². The Kier molecular flexibility index (Phi) is 5.36. The van der Waals surface area contributed by atoms with Crippen LogP contribution < -0.4 is 15.4 Å². The quantitative estimate of drug-likeness (QED) is 0.818. The number of carbonyl (C=O) groups is 1. The van der Waals surface area contributed by atoms with Gasteiger partial charge in [0.15, 0.2) is 0 Å². The first kappa shape index (κ1) is 16.7. The average Bonchev–Trinajstić information content (AvgIpc) is 2.46. The van der Waals surface area contributed by atoms with Crippen LogP contribution in [0.15, 0.2) is 18.3 Å². The minimum absolute atomic E-state index is 0.00452. The molecule has 7 nitrogen and oxygen atoms in total. The van der Waals surface area contributed by atoms with Crippen LogP contribution in [0.25, 0.3) is 0 Å². The van der Waals surface area contributed by atoms with Crippen LogP contribution in [0.4, 0.5) is 5.82 Å². The first-order valence-electron chi connectivity index (χ1n) is 7.38. The molecule has 1 atom stereocenters. The number of nitrogens with two attached hydrogens (primary N) is 1. The number of aromatic nitrogens is 1. The van der Waals surface area contributed by atoms with Gasteiger partial charge in [0.1, 0.15) is 5.82 Å². The van der Waals surface area contributed by atoms with Crippen LogP contribution in [0, 0.1) is 0 Å². The van der Waals surface area contributed by atoms with Gasteiger partial charge in [-0.2, -0.15) is 0 Å². The molecule has 0 unspecified atom stereocenters. The van der Waals surface area contributed by atoms with Gasteiger partial charge in [0, 0.05) is 30.9 Å². The number of carbonyl (C=O) groups excluding carboxylic acids is 1. The minimum atomic E-state index is -3.57. The molecule has 0 radical (unpaired) electrons. The van der Waals surface area contributed by atoms with Gasteiger partial charge in [0.05, 0.1) is 5.75 Å². The van der Waals surface area contributed by atoms with Crippen molar-refractivity contribution in [3.05, 3.63) is 23.9 Å². The second kappa shape index (κ2) is 7.06. The fraction of sp³-hybridized carbons (Fsp3) is 0.571. The Hall–Kier alpha value is -1.67. The summed E-state index contributed by atoms with van der Waals surface area (Å²) in [4.78, 5) is 18.6. The van der Waals surface area contributed by atoms with Crippen molar-refractivity contribution in [2.45, 2.75) is 32.2 Å². The van der Waals surface area contributed by atoms with Crippen LogP contribution in [0.3, 0.4) is 0 Å². The summed E-state index contributed by atoms with van der Waals surface area (Å²) < 4.78 is 21.7. The summed E-state index contributed by atoms with van der Waals surface area (Å²) in [6.07, 6.45) is 5.06. The zero-order chi connectivity index (χ0) is 16.2. The molecule has 3 N–H and O–H groups in total. The average molecular weight is 326 g/mol. The molecule has 2 rings (SSSR count). The molecule has 1 fully saturated rings. The number of primary sulfonamides is 1. The number of piperidine rings is 1. The zero-order valence-electron chi connectivity index (χ0n) is 12.7. The molecular formula is C14H22N4O3S. The maximum absolute atomic E-state index is 12.1. The minimum Gasteiger partial charge on any atom is -0.354 e. The maximum Gasteiger partial charge on any atom is 0.251 e. The Morgan fingerprint density at radius 1 is 1.50 bits per heavy atom. The summed E-state index contributed by atoms with van der Waals surface area (Å²) in [6.45, 7) is 3.08. The van der Waals surface area contributed by atoms with Gasteiger partial charge in [0.2, 0.25) is 10.0 Å². The van der Waals surface area contributed by atoms with Gasteiger partial charge in [-0.05, 0) is 38.3 Å². The van der Waals surface area contributed by atoms with Crippen molar-refractivity contribution in [3.8, 4) is 0 Å². The first-order chi connectivity index (χ1) is 10.4. The topological polar surface area (TPSA) is 105 Å². The van der Waals surface area contributed by atoms with E-state index in [2.05, 4.69) is 22.1 Å². The number of rotatable bonds is 5. The predicted octanol–water partition coefficient (Wildman–Crippen LogP) is 0.479. The fourth-order valence-corrected chi connectivity index (χ4v) is 2.95.